The van der Waals surface area contributed by atoms with Gasteiger partial charge in [-0.2, -0.15) is 4.31 Å². The van der Waals surface area contributed by atoms with Gasteiger partial charge in [-0.3, -0.25) is 4.79 Å². The molecule has 1 fully saturated rings. The van der Waals surface area contributed by atoms with Gasteiger partial charge in [-0.15, -0.1) is 0 Å². The molecule has 182 valence electrons. The number of aromatic nitrogens is 1. The Bertz CT molecular complexity index is 1440. The zero-order chi connectivity index (χ0) is 24.7. The molecule has 3 aromatic rings. The number of nitrogens with one attached hydrogen (secondary N) is 1. The van der Waals surface area contributed by atoms with Crippen LogP contribution in [0.15, 0.2) is 52.3 Å². The summed E-state index contributed by atoms with van der Waals surface area (Å²) in [6.45, 7) is 4.51. The largest absolute Gasteiger partial charge is 0.302 e. The van der Waals surface area contributed by atoms with Gasteiger partial charge in [0.15, 0.2) is 15.0 Å². The van der Waals surface area contributed by atoms with Crippen molar-refractivity contribution < 1.29 is 21.6 Å². The molecule has 1 aliphatic rings. The van der Waals surface area contributed by atoms with Crippen molar-refractivity contribution in [3.05, 3.63) is 48.0 Å². The number of rotatable bonds is 6. The lowest BCUT2D eigenvalue weighted by molar-refractivity contribution is -0.120. The number of piperidine rings is 1. The van der Waals surface area contributed by atoms with E-state index in [1.165, 1.54) is 45.5 Å². The van der Waals surface area contributed by atoms with E-state index in [2.05, 4.69) is 30.2 Å². The Morgan fingerprint density at radius 3 is 2.32 bits per heavy atom. The fourth-order valence-electron chi connectivity index (χ4n) is 4.03. The Morgan fingerprint density at radius 1 is 1.06 bits per heavy atom. The van der Waals surface area contributed by atoms with Crippen LogP contribution in [0.25, 0.3) is 10.2 Å². The summed E-state index contributed by atoms with van der Waals surface area (Å²) in [4.78, 5) is 16.9. The maximum atomic E-state index is 13.1. The highest BCUT2D eigenvalue weighted by Crippen LogP contribution is 2.31. The molecule has 11 heteroatoms. The van der Waals surface area contributed by atoms with E-state index in [-0.39, 0.29) is 34.7 Å². The smallest absolute Gasteiger partial charge is 0.244 e. The molecule has 34 heavy (non-hydrogen) atoms. The molecular formula is C23H27N3O5S3. The van der Waals surface area contributed by atoms with Crippen molar-refractivity contribution in [3.8, 4) is 0 Å². The number of nitrogens with zero attached hydrogens (tertiary/aromatic N) is 2. The first-order chi connectivity index (χ1) is 16.0. The highest BCUT2D eigenvalue weighted by atomic mass is 32.2. The predicted octanol–water partition coefficient (Wildman–Crippen LogP) is 3.86. The van der Waals surface area contributed by atoms with E-state index < -0.39 is 19.9 Å². The second-order valence-electron chi connectivity index (χ2n) is 8.79. The quantitative estimate of drug-likeness (QED) is 0.527. The van der Waals surface area contributed by atoms with Crippen LogP contribution in [0.2, 0.25) is 0 Å². The third kappa shape index (κ3) is 5.02. The van der Waals surface area contributed by atoms with Crippen LogP contribution < -0.4 is 5.32 Å². The van der Waals surface area contributed by atoms with E-state index in [0.717, 1.165) is 16.5 Å². The molecule has 1 aliphatic heterocycles. The van der Waals surface area contributed by atoms with Crippen LogP contribution in [0.3, 0.4) is 0 Å². The van der Waals surface area contributed by atoms with Crippen molar-refractivity contribution in [1.29, 1.82) is 0 Å². The van der Waals surface area contributed by atoms with E-state index in [1.54, 1.807) is 0 Å². The van der Waals surface area contributed by atoms with Crippen LogP contribution in [-0.4, -0.2) is 51.4 Å². The average molecular weight is 522 g/mol. The molecule has 1 amide bonds. The Labute approximate surface area is 204 Å². The average Bonchev–Trinajstić information content (AvgIpc) is 3.20. The number of anilines is 1. The van der Waals surface area contributed by atoms with Crippen LogP contribution in [-0.2, 0) is 24.7 Å². The number of benzene rings is 2. The molecule has 0 saturated carbocycles. The van der Waals surface area contributed by atoms with E-state index in [9.17, 15) is 21.6 Å². The summed E-state index contributed by atoms with van der Waals surface area (Å²) in [5.41, 5.74) is 2.04. The van der Waals surface area contributed by atoms with E-state index in [4.69, 9.17) is 0 Å². The lowest BCUT2D eigenvalue weighted by atomic mass is 9.97. The van der Waals surface area contributed by atoms with Gasteiger partial charge in [-0.1, -0.05) is 43.4 Å². The highest BCUT2D eigenvalue weighted by Gasteiger charge is 2.34. The first-order valence-corrected chi connectivity index (χ1v) is 15.1. The number of sulfone groups is 1. The van der Waals surface area contributed by atoms with Gasteiger partial charge in [0.25, 0.3) is 0 Å². The fraction of sp³-hybridized carbons (Fsp3) is 0.391. The van der Waals surface area contributed by atoms with Crippen molar-refractivity contribution in [2.24, 2.45) is 5.92 Å². The second-order valence-corrected chi connectivity index (χ2v) is 13.7. The summed E-state index contributed by atoms with van der Waals surface area (Å²) < 4.78 is 52.7. The third-order valence-electron chi connectivity index (χ3n) is 6.00. The van der Waals surface area contributed by atoms with Crippen LogP contribution in [0.1, 0.15) is 38.2 Å². The van der Waals surface area contributed by atoms with Gasteiger partial charge >= 0.3 is 0 Å². The lowest BCUT2D eigenvalue weighted by Gasteiger charge is -2.30. The molecule has 2 aromatic carbocycles. The number of sulfonamides is 1. The molecule has 1 saturated heterocycles. The van der Waals surface area contributed by atoms with Gasteiger partial charge in [-0.05, 0) is 48.6 Å². The number of thiazole rings is 1. The van der Waals surface area contributed by atoms with Crippen LogP contribution in [0.5, 0.6) is 0 Å². The van der Waals surface area contributed by atoms with Crippen LogP contribution >= 0.6 is 11.3 Å². The summed E-state index contributed by atoms with van der Waals surface area (Å²) in [6.07, 6.45) is 1.67. The molecule has 0 radical (unpaired) electrons. The summed E-state index contributed by atoms with van der Waals surface area (Å²) in [5, 5.41) is 3.41. The Hall–Kier alpha value is -2.34. The summed E-state index contributed by atoms with van der Waals surface area (Å²) in [7, 11) is -7.71. The van der Waals surface area contributed by atoms with E-state index >= 15 is 0 Å². The maximum absolute atomic E-state index is 13.1. The molecule has 0 unspecified atom stereocenters. The molecule has 0 atom stereocenters. The Kier molecular flexibility index (Phi) is 6.83. The summed E-state index contributed by atoms with van der Waals surface area (Å²) in [5.74, 6) is -0.137. The SMILES string of the molecule is CC(C)c1ccc2nc(NC(=O)C3CCN(S(=O)(=O)c4ccccc4S(C)(=O)=O)CC3)sc2c1. The standard InChI is InChI=1S/C23H27N3O5S3/c1-15(2)17-8-9-18-19(14-17)32-23(24-18)25-22(27)16-10-12-26(13-11-16)34(30,31)21-7-5-4-6-20(21)33(3,28)29/h4-9,14-16H,10-13H2,1-3H3,(H,24,25,27). The number of carbonyl (C=O) groups excluding carboxylic acids is 1. The number of hydrogen-bond acceptors (Lipinski definition) is 7. The monoisotopic (exact) mass is 521 g/mol. The normalized spacial score (nSPS) is 16.2. The van der Waals surface area contributed by atoms with Gasteiger partial charge in [0, 0.05) is 25.3 Å². The van der Waals surface area contributed by atoms with Crippen molar-refractivity contribution in [1.82, 2.24) is 9.29 Å². The minimum Gasteiger partial charge on any atom is -0.302 e. The fourth-order valence-corrected chi connectivity index (χ4v) is 8.02. The molecule has 0 bridgehead atoms. The van der Waals surface area contributed by atoms with Crippen molar-refractivity contribution in [3.63, 3.8) is 0 Å². The van der Waals surface area contributed by atoms with Gasteiger partial charge < -0.3 is 5.32 Å². The molecule has 4 rings (SSSR count). The highest BCUT2D eigenvalue weighted by molar-refractivity contribution is 7.93. The molecule has 0 spiro atoms. The van der Waals surface area contributed by atoms with Crippen LogP contribution in [0, 0.1) is 5.92 Å². The van der Waals surface area contributed by atoms with E-state index in [1.807, 2.05) is 12.1 Å². The van der Waals surface area contributed by atoms with Crippen molar-refractivity contribution >= 4 is 52.5 Å². The molecule has 1 N–H and O–H groups in total. The maximum Gasteiger partial charge on any atom is 0.244 e. The number of fused-ring (bicyclic) bond motifs is 1. The van der Waals surface area contributed by atoms with Gasteiger partial charge in [0.2, 0.25) is 15.9 Å². The molecule has 1 aromatic heterocycles. The second kappa shape index (κ2) is 9.37. The molecule has 2 heterocycles. The van der Waals surface area contributed by atoms with Gasteiger partial charge in [-0.25, -0.2) is 21.8 Å². The topological polar surface area (TPSA) is 114 Å². The molecule has 8 nitrogen and oxygen atoms in total. The third-order valence-corrected chi connectivity index (χ3v) is 10.2. The lowest BCUT2D eigenvalue weighted by Crippen LogP contribution is -2.41. The van der Waals surface area contributed by atoms with E-state index in [0.29, 0.717) is 23.9 Å². The number of hydrogen-bond donors (Lipinski definition) is 1. The predicted molar refractivity (Wildman–Crippen MR) is 133 cm³/mol. The zero-order valence-corrected chi connectivity index (χ0v) is 21.6. The Balaban J connectivity index is 1.44. The van der Waals surface area contributed by atoms with Crippen molar-refractivity contribution in [2.75, 3.05) is 24.7 Å². The van der Waals surface area contributed by atoms with Gasteiger partial charge in [0.1, 0.15) is 4.90 Å². The molecule has 0 aliphatic carbocycles. The number of amides is 1. The Morgan fingerprint density at radius 2 is 1.71 bits per heavy atom. The number of carbonyl (C=O) groups is 1. The summed E-state index contributed by atoms with van der Waals surface area (Å²) >= 11 is 1.42. The minimum absolute atomic E-state index is 0.135. The minimum atomic E-state index is -4.00. The first-order valence-electron chi connectivity index (χ1n) is 11.0. The van der Waals surface area contributed by atoms with Crippen LogP contribution in [0.4, 0.5) is 5.13 Å². The molecular weight excluding hydrogens is 494 g/mol. The zero-order valence-electron chi connectivity index (χ0n) is 19.2. The van der Waals surface area contributed by atoms with Gasteiger partial charge in [0.05, 0.1) is 15.1 Å². The van der Waals surface area contributed by atoms with Crippen molar-refractivity contribution in [2.45, 2.75) is 42.4 Å². The first kappa shape index (κ1) is 24.8. The summed E-state index contributed by atoms with van der Waals surface area (Å²) in [6, 6.07) is 11.7.